The topological polar surface area (TPSA) is 54.7 Å². The number of imidazole rings is 1. The van der Waals surface area contributed by atoms with Gasteiger partial charge in [-0.25, -0.2) is 4.98 Å². The summed E-state index contributed by atoms with van der Waals surface area (Å²) >= 11 is 1.53. The molecule has 0 spiro atoms. The van der Waals surface area contributed by atoms with Crippen LogP contribution < -0.4 is 0 Å². The van der Waals surface area contributed by atoms with Gasteiger partial charge in [-0.3, -0.25) is 18.9 Å². The Labute approximate surface area is 118 Å². The van der Waals surface area contributed by atoms with Crippen LogP contribution in [-0.4, -0.2) is 26.1 Å². The van der Waals surface area contributed by atoms with Crippen molar-refractivity contribution in [3.05, 3.63) is 59.0 Å². The van der Waals surface area contributed by atoms with E-state index in [1.54, 1.807) is 36.8 Å². The summed E-state index contributed by atoms with van der Waals surface area (Å²) in [5.41, 5.74) is 0.977. The molecule has 1 aromatic carbocycles. The molecule has 2 amide bonds. The van der Waals surface area contributed by atoms with Crippen LogP contribution in [0, 0.1) is 0 Å². The Bertz CT molecular complexity index is 785. The van der Waals surface area contributed by atoms with E-state index in [4.69, 9.17) is 0 Å². The van der Waals surface area contributed by atoms with Gasteiger partial charge in [0, 0.05) is 11.1 Å². The molecule has 0 bridgehead atoms. The molecule has 2 aromatic heterocycles. The van der Waals surface area contributed by atoms with E-state index < -0.39 is 0 Å². The van der Waals surface area contributed by atoms with Crippen LogP contribution in [0.1, 0.15) is 25.6 Å². The molecule has 5 nitrogen and oxygen atoms in total. The predicted molar refractivity (Wildman–Crippen MR) is 73.7 cm³/mol. The zero-order valence-electron chi connectivity index (χ0n) is 10.3. The van der Waals surface area contributed by atoms with Crippen LogP contribution in [0.2, 0.25) is 0 Å². The normalized spacial score (nSPS) is 14.3. The second kappa shape index (κ2) is 4.01. The van der Waals surface area contributed by atoms with Gasteiger partial charge in [0.2, 0.25) is 0 Å². The van der Waals surface area contributed by atoms with Crippen LogP contribution in [0.15, 0.2) is 43.0 Å². The molecule has 0 aliphatic carbocycles. The van der Waals surface area contributed by atoms with Crippen LogP contribution in [0.5, 0.6) is 0 Å². The fraction of sp³-hybridized carbons (Fsp3) is 0.0714. The van der Waals surface area contributed by atoms with Gasteiger partial charge in [0.15, 0.2) is 0 Å². The molecule has 0 saturated heterocycles. The summed E-state index contributed by atoms with van der Waals surface area (Å²) in [6.07, 6.45) is 5.37. The maximum absolute atomic E-state index is 12.3. The lowest BCUT2D eigenvalue weighted by molar-refractivity contribution is 0.0644. The van der Waals surface area contributed by atoms with Crippen LogP contribution in [0.25, 0.3) is 4.83 Å². The number of benzene rings is 1. The molecular formula is C14H9N3O2S. The standard InChI is InChI=1S/C14H9N3O2S/c18-13-10-3-1-2-4-11(10)14(19)17(13)7-9-6-16-8-15-5-12(16)20-9/h1-6,8H,7H2. The van der Waals surface area contributed by atoms with Crippen LogP contribution >= 0.6 is 11.3 Å². The molecular weight excluding hydrogens is 274 g/mol. The van der Waals surface area contributed by atoms with E-state index in [2.05, 4.69) is 4.98 Å². The molecule has 98 valence electrons. The van der Waals surface area contributed by atoms with Gasteiger partial charge in [-0.1, -0.05) is 12.1 Å². The minimum Gasteiger partial charge on any atom is -0.297 e. The minimum absolute atomic E-state index is 0.221. The minimum atomic E-state index is -0.221. The van der Waals surface area contributed by atoms with E-state index in [9.17, 15) is 9.59 Å². The van der Waals surface area contributed by atoms with E-state index in [0.29, 0.717) is 17.7 Å². The first-order valence-corrected chi connectivity index (χ1v) is 6.91. The lowest BCUT2D eigenvalue weighted by Gasteiger charge is -2.11. The van der Waals surface area contributed by atoms with Crippen LogP contribution in [0.3, 0.4) is 0 Å². The molecule has 0 unspecified atom stereocenters. The maximum Gasteiger partial charge on any atom is 0.261 e. The van der Waals surface area contributed by atoms with Gasteiger partial charge in [-0.05, 0) is 12.1 Å². The van der Waals surface area contributed by atoms with Crippen molar-refractivity contribution in [2.75, 3.05) is 0 Å². The number of rotatable bonds is 2. The third-order valence-corrected chi connectivity index (χ3v) is 4.36. The molecule has 0 atom stereocenters. The molecule has 6 heteroatoms. The van der Waals surface area contributed by atoms with Gasteiger partial charge in [0.05, 0.1) is 30.2 Å². The van der Waals surface area contributed by atoms with Gasteiger partial charge in [-0.2, -0.15) is 0 Å². The molecule has 0 fully saturated rings. The molecule has 20 heavy (non-hydrogen) atoms. The zero-order valence-corrected chi connectivity index (χ0v) is 11.1. The predicted octanol–water partition coefficient (Wildman–Crippen LogP) is 2.19. The number of thiazole rings is 1. The highest BCUT2D eigenvalue weighted by atomic mass is 32.1. The SMILES string of the molecule is O=C1c2ccccc2C(=O)N1Cc1cn2cncc2s1. The van der Waals surface area contributed by atoms with Crippen molar-refractivity contribution in [2.45, 2.75) is 6.54 Å². The van der Waals surface area contributed by atoms with Gasteiger partial charge in [0.25, 0.3) is 11.8 Å². The van der Waals surface area contributed by atoms with Crippen molar-refractivity contribution in [3.63, 3.8) is 0 Å². The zero-order chi connectivity index (χ0) is 13.7. The fourth-order valence-electron chi connectivity index (χ4n) is 2.40. The highest BCUT2D eigenvalue weighted by Gasteiger charge is 2.35. The van der Waals surface area contributed by atoms with Crippen molar-refractivity contribution in [2.24, 2.45) is 0 Å². The van der Waals surface area contributed by atoms with Gasteiger partial charge >= 0.3 is 0 Å². The van der Waals surface area contributed by atoms with Crippen LogP contribution in [-0.2, 0) is 6.54 Å². The van der Waals surface area contributed by atoms with E-state index in [-0.39, 0.29) is 11.8 Å². The second-order valence-electron chi connectivity index (χ2n) is 4.58. The third-order valence-electron chi connectivity index (χ3n) is 3.34. The summed E-state index contributed by atoms with van der Waals surface area (Å²) < 4.78 is 1.89. The van der Waals surface area contributed by atoms with E-state index in [1.165, 1.54) is 16.2 Å². The molecule has 0 N–H and O–H groups in total. The quantitative estimate of drug-likeness (QED) is 0.677. The van der Waals surface area contributed by atoms with E-state index in [0.717, 1.165) is 9.71 Å². The smallest absolute Gasteiger partial charge is 0.261 e. The fourth-order valence-corrected chi connectivity index (χ4v) is 3.34. The van der Waals surface area contributed by atoms with Crippen LogP contribution in [0.4, 0.5) is 0 Å². The largest absolute Gasteiger partial charge is 0.297 e. The highest BCUT2D eigenvalue weighted by Crippen LogP contribution is 2.26. The number of amides is 2. The van der Waals surface area contributed by atoms with Gasteiger partial charge in [0.1, 0.15) is 4.83 Å². The molecule has 1 aliphatic heterocycles. The lowest BCUT2D eigenvalue weighted by atomic mass is 10.1. The van der Waals surface area contributed by atoms with E-state index >= 15 is 0 Å². The first kappa shape index (κ1) is 11.4. The Morgan fingerprint density at radius 3 is 2.45 bits per heavy atom. The Kier molecular flexibility index (Phi) is 2.28. The Balaban J connectivity index is 1.69. The molecule has 0 radical (unpaired) electrons. The van der Waals surface area contributed by atoms with Crippen molar-refractivity contribution in [3.8, 4) is 0 Å². The second-order valence-corrected chi connectivity index (χ2v) is 5.73. The third kappa shape index (κ3) is 1.51. The Hall–Kier alpha value is -2.47. The number of nitrogens with zero attached hydrogens (tertiary/aromatic N) is 3. The number of aromatic nitrogens is 2. The summed E-state index contributed by atoms with van der Waals surface area (Å²) in [5, 5.41) is 0. The van der Waals surface area contributed by atoms with Gasteiger partial charge in [-0.15, -0.1) is 11.3 Å². The number of carbonyl (C=O) groups excluding carboxylic acids is 2. The van der Waals surface area contributed by atoms with Crippen molar-refractivity contribution >= 4 is 28.0 Å². The average Bonchev–Trinajstić information content (AvgIpc) is 3.09. The maximum atomic E-state index is 12.3. The number of imide groups is 1. The molecule has 3 aromatic rings. The Morgan fingerprint density at radius 2 is 1.80 bits per heavy atom. The lowest BCUT2D eigenvalue weighted by Crippen LogP contribution is -2.28. The van der Waals surface area contributed by atoms with Crippen molar-refractivity contribution in [1.82, 2.24) is 14.3 Å². The molecule has 1 aliphatic rings. The highest BCUT2D eigenvalue weighted by molar-refractivity contribution is 7.17. The molecule has 0 saturated carbocycles. The monoisotopic (exact) mass is 283 g/mol. The number of hydrogen-bond acceptors (Lipinski definition) is 4. The number of carbonyl (C=O) groups is 2. The first-order chi connectivity index (χ1) is 9.74. The van der Waals surface area contributed by atoms with Gasteiger partial charge < -0.3 is 0 Å². The van der Waals surface area contributed by atoms with Crippen molar-refractivity contribution in [1.29, 1.82) is 0 Å². The van der Waals surface area contributed by atoms with E-state index in [1.807, 2.05) is 10.6 Å². The Morgan fingerprint density at radius 1 is 1.10 bits per heavy atom. The summed E-state index contributed by atoms with van der Waals surface area (Å²) in [7, 11) is 0. The average molecular weight is 283 g/mol. The number of hydrogen-bond donors (Lipinski definition) is 0. The summed E-state index contributed by atoms with van der Waals surface area (Å²) in [5.74, 6) is -0.441. The summed E-state index contributed by atoms with van der Waals surface area (Å²) in [6, 6.07) is 6.93. The molecule has 3 heterocycles. The number of fused-ring (bicyclic) bond motifs is 2. The first-order valence-electron chi connectivity index (χ1n) is 6.09. The molecule has 4 rings (SSSR count). The summed E-state index contributed by atoms with van der Waals surface area (Å²) in [4.78, 5) is 31.8. The summed E-state index contributed by atoms with van der Waals surface area (Å²) in [6.45, 7) is 0.304. The van der Waals surface area contributed by atoms with Crippen molar-refractivity contribution < 1.29 is 9.59 Å².